The van der Waals surface area contributed by atoms with Gasteiger partial charge in [-0.1, -0.05) is 6.07 Å². The molecule has 1 saturated heterocycles. The van der Waals surface area contributed by atoms with Crippen LogP contribution in [0.3, 0.4) is 0 Å². The first-order chi connectivity index (χ1) is 9.95. The molecule has 3 rings (SSSR count). The Bertz CT molecular complexity index is 788. The van der Waals surface area contributed by atoms with E-state index < -0.39 is 15.6 Å². The van der Waals surface area contributed by atoms with Crippen LogP contribution in [0.1, 0.15) is 5.76 Å². The summed E-state index contributed by atoms with van der Waals surface area (Å²) in [7, 11) is -3.41. The molecule has 0 N–H and O–H groups in total. The number of hydrogen-bond donors (Lipinski definition) is 0. The average molecular weight is 327 g/mol. The third kappa shape index (κ3) is 2.87. The van der Waals surface area contributed by atoms with E-state index in [1.165, 1.54) is 21.7 Å². The van der Waals surface area contributed by atoms with Crippen molar-refractivity contribution in [3.8, 4) is 5.75 Å². The van der Waals surface area contributed by atoms with Crippen molar-refractivity contribution in [3.05, 3.63) is 45.8 Å². The molecule has 6 nitrogen and oxygen atoms in total. The van der Waals surface area contributed by atoms with Gasteiger partial charge in [0.1, 0.15) is 21.8 Å². The van der Waals surface area contributed by atoms with Gasteiger partial charge in [0, 0.05) is 6.07 Å². The molecule has 0 atom stereocenters. The quantitative estimate of drug-likeness (QED) is 0.850. The monoisotopic (exact) mass is 327 g/mol. The average Bonchev–Trinajstić information content (AvgIpc) is 2.86. The molecule has 3 heterocycles. The molecule has 8 heteroatoms. The fourth-order valence-electron chi connectivity index (χ4n) is 2.05. The maximum atomic E-state index is 12.2. The van der Waals surface area contributed by atoms with Crippen molar-refractivity contribution in [1.82, 2.24) is 4.31 Å². The fraction of sp³-hybridized carbons (Fsp3) is 0.308. The van der Waals surface area contributed by atoms with E-state index in [1.807, 2.05) is 0 Å². The second-order valence-electron chi connectivity index (χ2n) is 4.72. The van der Waals surface area contributed by atoms with Gasteiger partial charge in [-0.3, -0.25) is 0 Å². The molecule has 0 radical (unpaired) electrons. The van der Waals surface area contributed by atoms with Crippen molar-refractivity contribution in [2.24, 2.45) is 0 Å². The minimum Gasteiger partial charge on any atom is -0.487 e. The van der Waals surface area contributed by atoms with Gasteiger partial charge in [0.05, 0.1) is 19.2 Å². The summed E-state index contributed by atoms with van der Waals surface area (Å²) in [5, 5.41) is 1.73. The number of rotatable bonds is 4. The highest BCUT2D eigenvalue weighted by atomic mass is 32.2. The lowest BCUT2D eigenvalue weighted by atomic mass is 10.2. The molecule has 2 aromatic rings. The maximum Gasteiger partial charge on any atom is 0.339 e. The van der Waals surface area contributed by atoms with Crippen LogP contribution in [0.2, 0.25) is 0 Å². The molecule has 1 fully saturated rings. The predicted molar refractivity (Wildman–Crippen MR) is 77.2 cm³/mol. The summed E-state index contributed by atoms with van der Waals surface area (Å²) in [6.45, 7) is 2.21. The molecule has 112 valence electrons. The lowest BCUT2D eigenvalue weighted by Crippen LogP contribution is -2.55. The molecule has 0 spiro atoms. The lowest BCUT2D eigenvalue weighted by Gasteiger charge is -2.37. The van der Waals surface area contributed by atoms with Gasteiger partial charge in [0.2, 0.25) is 0 Å². The van der Waals surface area contributed by atoms with E-state index in [9.17, 15) is 13.2 Å². The molecule has 0 bridgehead atoms. The molecule has 0 aliphatic carbocycles. The first kappa shape index (κ1) is 14.3. The summed E-state index contributed by atoms with van der Waals surface area (Å²) in [4.78, 5) is 11.2. The Morgan fingerprint density at radius 1 is 1.38 bits per heavy atom. The van der Waals surface area contributed by atoms with Gasteiger partial charge >= 0.3 is 5.63 Å². The number of nitrogens with zero attached hydrogens (tertiary/aromatic N) is 1. The van der Waals surface area contributed by atoms with Crippen LogP contribution in [0.25, 0.3) is 0 Å². The second kappa shape index (κ2) is 5.28. The Morgan fingerprint density at radius 3 is 2.76 bits per heavy atom. The Hall–Kier alpha value is -1.64. The summed E-state index contributed by atoms with van der Waals surface area (Å²) in [5.74, 6) is 0.863. The second-order valence-corrected chi connectivity index (χ2v) is 7.83. The molecule has 2 aromatic heterocycles. The van der Waals surface area contributed by atoms with Crippen molar-refractivity contribution in [2.45, 2.75) is 17.2 Å². The predicted octanol–water partition coefficient (Wildman–Crippen LogP) is 1.46. The number of aryl methyl sites for hydroxylation is 1. The molecular weight excluding hydrogens is 314 g/mol. The van der Waals surface area contributed by atoms with Crippen LogP contribution in [0.15, 0.2) is 43.1 Å². The molecule has 0 aromatic carbocycles. The number of hydrogen-bond acceptors (Lipinski definition) is 6. The van der Waals surface area contributed by atoms with E-state index in [0.29, 0.717) is 15.7 Å². The number of ether oxygens (including phenoxy) is 1. The first-order valence-corrected chi connectivity index (χ1v) is 8.59. The minimum atomic E-state index is -3.41. The Labute approximate surface area is 125 Å². The third-order valence-corrected chi connectivity index (χ3v) is 6.28. The zero-order valence-electron chi connectivity index (χ0n) is 11.2. The topological polar surface area (TPSA) is 76.8 Å². The Balaban J connectivity index is 1.65. The van der Waals surface area contributed by atoms with E-state index in [0.717, 1.165) is 0 Å². The third-order valence-electron chi connectivity index (χ3n) is 3.07. The van der Waals surface area contributed by atoms with Crippen molar-refractivity contribution < 1.29 is 17.6 Å². The van der Waals surface area contributed by atoms with Gasteiger partial charge in [-0.05, 0) is 18.4 Å². The van der Waals surface area contributed by atoms with E-state index in [4.69, 9.17) is 9.15 Å². The van der Waals surface area contributed by atoms with E-state index in [1.54, 1.807) is 30.5 Å². The fourth-order valence-corrected chi connectivity index (χ4v) is 4.69. The highest BCUT2D eigenvalue weighted by Crippen LogP contribution is 2.27. The standard InChI is InChI=1S/C13H13NO5S2/c1-9-5-10(6-12(15)18-9)19-11-7-14(8-11)21(16,17)13-3-2-4-20-13/h2-6,11H,7-8H2,1H3. The summed E-state index contributed by atoms with van der Waals surface area (Å²) < 4.78 is 36.5. The minimum absolute atomic E-state index is 0.249. The molecule has 1 aliphatic heterocycles. The summed E-state index contributed by atoms with van der Waals surface area (Å²) in [6, 6.07) is 6.15. The lowest BCUT2D eigenvalue weighted by molar-refractivity contribution is 0.0755. The van der Waals surface area contributed by atoms with Crippen LogP contribution >= 0.6 is 11.3 Å². The zero-order valence-corrected chi connectivity index (χ0v) is 12.8. The SMILES string of the molecule is Cc1cc(OC2CN(S(=O)(=O)c3cccs3)C2)cc(=O)o1. The van der Waals surface area contributed by atoms with Crippen LogP contribution in [0.4, 0.5) is 0 Å². The van der Waals surface area contributed by atoms with E-state index in [2.05, 4.69) is 0 Å². The molecule has 0 saturated carbocycles. The molecule has 0 amide bonds. The Kier molecular flexibility index (Phi) is 3.60. The van der Waals surface area contributed by atoms with Crippen molar-refractivity contribution in [3.63, 3.8) is 0 Å². The van der Waals surface area contributed by atoms with Gasteiger partial charge in [-0.15, -0.1) is 11.3 Å². The van der Waals surface area contributed by atoms with Crippen LogP contribution in [0, 0.1) is 6.92 Å². The zero-order chi connectivity index (χ0) is 15.0. The van der Waals surface area contributed by atoms with E-state index >= 15 is 0 Å². The van der Waals surface area contributed by atoms with Crippen molar-refractivity contribution >= 4 is 21.4 Å². The molecule has 1 aliphatic rings. The first-order valence-electron chi connectivity index (χ1n) is 6.27. The number of sulfonamides is 1. The largest absolute Gasteiger partial charge is 0.487 e. The van der Waals surface area contributed by atoms with Crippen molar-refractivity contribution in [2.75, 3.05) is 13.1 Å². The molecule has 21 heavy (non-hydrogen) atoms. The number of thiophene rings is 1. The van der Waals surface area contributed by atoms with E-state index in [-0.39, 0.29) is 19.2 Å². The van der Waals surface area contributed by atoms with Crippen LogP contribution in [0.5, 0.6) is 5.75 Å². The Morgan fingerprint density at radius 2 is 2.14 bits per heavy atom. The van der Waals surface area contributed by atoms with Crippen LogP contribution in [-0.2, 0) is 10.0 Å². The summed E-state index contributed by atoms with van der Waals surface area (Å²) in [6.07, 6.45) is -0.249. The highest BCUT2D eigenvalue weighted by Gasteiger charge is 2.38. The normalized spacial score (nSPS) is 16.6. The van der Waals surface area contributed by atoms with Gasteiger partial charge in [-0.25, -0.2) is 13.2 Å². The van der Waals surface area contributed by atoms with Gasteiger partial charge in [-0.2, -0.15) is 4.31 Å². The summed E-state index contributed by atoms with van der Waals surface area (Å²) >= 11 is 1.19. The highest BCUT2D eigenvalue weighted by molar-refractivity contribution is 7.91. The molecular formula is C13H13NO5S2. The van der Waals surface area contributed by atoms with Gasteiger partial charge in [0.25, 0.3) is 10.0 Å². The maximum absolute atomic E-state index is 12.2. The van der Waals surface area contributed by atoms with Gasteiger partial charge < -0.3 is 9.15 Å². The molecule has 0 unspecified atom stereocenters. The van der Waals surface area contributed by atoms with Crippen LogP contribution < -0.4 is 10.4 Å². The smallest absolute Gasteiger partial charge is 0.339 e. The summed E-state index contributed by atoms with van der Waals surface area (Å²) in [5.41, 5.74) is -0.479. The van der Waals surface area contributed by atoms with Gasteiger partial charge in [0.15, 0.2) is 0 Å². The van der Waals surface area contributed by atoms with Crippen LogP contribution in [-0.4, -0.2) is 31.9 Å². The van der Waals surface area contributed by atoms with Crippen molar-refractivity contribution in [1.29, 1.82) is 0 Å².